The first kappa shape index (κ1) is 10.4. The predicted octanol–water partition coefficient (Wildman–Crippen LogP) is 1.36. The number of rotatable bonds is 1. The molecule has 0 N–H and O–H groups in total. The Hall–Kier alpha value is -1.79. The van der Waals surface area contributed by atoms with E-state index in [2.05, 4.69) is 15.2 Å². The summed E-state index contributed by atoms with van der Waals surface area (Å²) in [6.45, 7) is 0.596. The van der Waals surface area contributed by atoms with Gasteiger partial charge < -0.3 is 4.90 Å². The van der Waals surface area contributed by atoms with Gasteiger partial charge in [-0.2, -0.15) is 0 Å². The van der Waals surface area contributed by atoms with Crippen molar-refractivity contribution in [1.82, 2.24) is 19.6 Å². The largest absolute Gasteiger partial charge is 0.353 e. The molecule has 90 valence electrons. The van der Waals surface area contributed by atoms with Gasteiger partial charge in [0.25, 0.3) is 5.92 Å². The SMILES string of the molecule is FC1(F)CCN(c2nccn3cnnc23)CC1. The van der Waals surface area contributed by atoms with Crippen LogP contribution in [0.15, 0.2) is 18.7 Å². The highest BCUT2D eigenvalue weighted by molar-refractivity contribution is 5.63. The summed E-state index contributed by atoms with van der Waals surface area (Å²) >= 11 is 0. The number of aromatic nitrogens is 4. The second kappa shape index (κ2) is 3.61. The third-order valence-corrected chi connectivity index (χ3v) is 2.99. The maximum atomic E-state index is 13.1. The molecule has 1 fully saturated rings. The molecule has 7 heteroatoms. The van der Waals surface area contributed by atoms with Crippen molar-refractivity contribution < 1.29 is 8.78 Å². The van der Waals surface area contributed by atoms with E-state index in [-0.39, 0.29) is 12.8 Å². The Labute approximate surface area is 96.1 Å². The van der Waals surface area contributed by atoms with Crippen molar-refractivity contribution in [3.63, 3.8) is 0 Å². The molecule has 0 aliphatic carbocycles. The van der Waals surface area contributed by atoms with E-state index in [9.17, 15) is 8.78 Å². The van der Waals surface area contributed by atoms with Crippen molar-refractivity contribution in [3.05, 3.63) is 18.7 Å². The van der Waals surface area contributed by atoms with Gasteiger partial charge in [0.1, 0.15) is 6.33 Å². The van der Waals surface area contributed by atoms with E-state index in [1.54, 1.807) is 23.1 Å². The molecule has 1 saturated heterocycles. The minimum Gasteiger partial charge on any atom is -0.353 e. The van der Waals surface area contributed by atoms with Crippen LogP contribution in [0.1, 0.15) is 12.8 Å². The van der Waals surface area contributed by atoms with Crippen molar-refractivity contribution in [1.29, 1.82) is 0 Å². The van der Waals surface area contributed by atoms with Gasteiger partial charge in [0.2, 0.25) is 5.65 Å². The van der Waals surface area contributed by atoms with Crippen LogP contribution in [0.5, 0.6) is 0 Å². The molecule has 1 aliphatic heterocycles. The van der Waals surface area contributed by atoms with Gasteiger partial charge in [-0.15, -0.1) is 10.2 Å². The van der Waals surface area contributed by atoms with E-state index >= 15 is 0 Å². The van der Waals surface area contributed by atoms with Gasteiger partial charge in [0.15, 0.2) is 5.82 Å². The predicted molar refractivity (Wildman–Crippen MR) is 57.2 cm³/mol. The zero-order valence-electron chi connectivity index (χ0n) is 9.05. The van der Waals surface area contributed by atoms with E-state index in [0.29, 0.717) is 24.6 Å². The van der Waals surface area contributed by atoms with Gasteiger partial charge in [0.05, 0.1) is 0 Å². The molecule has 5 nitrogen and oxygen atoms in total. The quantitative estimate of drug-likeness (QED) is 0.753. The monoisotopic (exact) mass is 239 g/mol. The average Bonchev–Trinajstić information content (AvgIpc) is 2.77. The molecule has 0 spiro atoms. The van der Waals surface area contributed by atoms with Crippen LogP contribution in [0, 0.1) is 0 Å². The number of anilines is 1. The fourth-order valence-electron chi connectivity index (χ4n) is 2.01. The van der Waals surface area contributed by atoms with Crippen LogP contribution >= 0.6 is 0 Å². The molecule has 0 bridgehead atoms. The van der Waals surface area contributed by atoms with E-state index in [0.717, 1.165) is 0 Å². The van der Waals surface area contributed by atoms with Gasteiger partial charge in [-0.05, 0) is 0 Å². The normalized spacial score (nSPS) is 19.8. The van der Waals surface area contributed by atoms with Crippen LogP contribution < -0.4 is 4.90 Å². The van der Waals surface area contributed by atoms with Crippen LogP contribution in [0.25, 0.3) is 5.65 Å². The maximum absolute atomic E-state index is 13.1. The molecule has 1 aliphatic rings. The lowest BCUT2D eigenvalue weighted by Crippen LogP contribution is -2.40. The maximum Gasteiger partial charge on any atom is 0.251 e. The molecule has 0 radical (unpaired) electrons. The summed E-state index contributed by atoms with van der Waals surface area (Å²) in [5.41, 5.74) is 0.609. The molecule has 0 saturated carbocycles. The van der Waals surface area contributed by atoms with E-state index in [1.807, 2.05) is 4.90 Å². The first-order valence-corrected chi connectivity index (χ1v) is 5.43. The zero-order chi connectivity index (χ0) is 11.9. The molecular formula is C10H11F2N5. The van der Waals surface area contributed by atoms with Crippen LogP contribution in [0.3, 0.4) is 0 Å². The lowest BCUT2D eigenvalue weighted by atomic mass is 10.1. The molecule has 3 heterocycles. The van der Waals surface area contributed by atoms with Crippen molar-refractivity contribution in [2.45, 2.75) is 18.8 Å². The first-order chi connectivity index (χ1) is 8.16. The fraction of sp³-hybridized carbons (Fsp3) is 0.500. The van der Waals surface area contributed by atoms with Gasteiger partial charge in [-0.25, -0.2) is 13.8 Å². The number of alkyl halides is 2. The first-order valence-electron chi connectivity index (χ1n) is 5.43. The van der Waals surface area contributed by atoms with Gasteiger partial charge >= 0.3 is 0 Å². The number of halogens is 2. The Bertz CT molecular complexity index is 528. The fourth-order valence-corrected chi connectivity index (χ4v) is 2.01. The Kier molecular flexibility index (Phi) is 2.20. The molecule has 0 unspecified atom stereocenters. The highest BCUT2D eigenvalue weighted by atomic mass is 19.3. The van der Waals surface area contributed by atoms with Crippen molar-refractivity contribution in [2.24, 2.45) is 0 Å². The second-order valence-electron chi connectivity index (χ2n) is 4.16. The third-order valence-electron chi connectivity index (χ3n) is 2.99. The summed E-state index contributed by atoms with van der Waals surface area (Å²) in [7, 11) is 0. The van der Waals surface area contributed by atoms with Crippen molar-refractivity contribution in [3.8, 4) is 0 Å². The molecular weight excluding hydrogens is 228 g/mol. The summed E-state index contributed by atoms with van der Waals surface area (Å²) in [5.74, 6) is -1.92. The van der Waals surface area contributed by atoms with E-state index < -0.39 is 5.92 Å². The highest BCUT2D eigenvalue weighted by Crippen LogP contribution is 2.30. The second-order valence-corrected chi connectivity index (χ2v) is 4.16. The minimum absolute atomic E-state index is 0.135. The molecule has 3 rings (SSSR count). The number of hydrogen-bond donors (Lipinski definition) is 0. The van der Waals surface area contributed by atoms with Gasteiger partial charge in [0, 0.05) is 38.3 Å². The van der Waals surface area contributed by atoms with Crippen molar-refractivity contribution >= 4 is 11.5 Å². The van der Waals surface area contributed by atoms with E-state index in [4.69, 9.17) is 0 Å². The smallest absolute Gasteiger partial charge is 0.251 e. The third kappa shape index (κ3) is 1.81. The molecule has 0 atom stereocenters. The number of hydrogen-bond acceptors (Lipinski definition) is 4. The topological polar surface area (TPSA) is 46.3 Å². The molecule has 0 amide bonds. The zero-order valence-corrected chi connectivity index (χ0v) is 9.05. The molecule has 2 aromatic heterocycles. The lowest BCUT2D eigenvalue weighted by molar-refractivity contribution is -0.0221. The summed E-state index contributed by atoms with van der Waals surface area (Å²) in [6, 6.07) is 0. The van der Waals surface area contributed by atoms with E-state index in [1.165, 1.54) is 0 Å². The standard InChI is InChI=1S/C10H11F2N5/c11-10(12)1-4-16(5-2-10)8-9-15-14-7-17(9)6-3-13-8/h3,6-7H,1-2,4-5H2. The number of nitrogens with zero attached hydrogens (tertiary/aromatic N) is 5. The van der Waals surface area contributed by atoms with Crippen LogP contribution in [0.2, 0.25) is 0 Å². The lowest BCUT2D eigenvalue weighted by Gasteiger charge is -2.32. The van der Waals surface area contributed by atoms with Crippen LogP contribution in [0.4, 0.5) is 14.6 Å². The number of fused-ring (bicyclic) bond motifs is 1. The van der Waals surface area contributed by atoms with Crippen LogP contribution in [-0.4, -0.2) is 38.6 Å². The Morgan fingerprint density at radius 2 is 2.00 bits per heavy atom. The van der Waals surface area contributed by atoms with Gasteiger partial charge in [-0.3, -0.25) is 4.40 Å². The summed E-state index contributed by atoms with van der Waals surface area (Å²) in [6.07, 6.45) is 4.66. The van der Waals surface area contributed by atoms with Crippen molar-refractivity contribution in [2.75, 3.05) is 18.0 Å². The molecule has 17 heavy (non-hydrogen) atoms. The Balaban J connectivity index is 1.92. The highest BCUT2D eigenvalue weighted by Gasteiger charge is 2.35. The Morgan fingerprint density at radius 3 is 2.76 bits per heavy atom. The van der Waals surface area contributed by atoms with Gasteiger partial charge in [-0.1, -0.05) is 0 Å². The summed E-state index contributed by atoms with van der Waals surface area (Å²) in [5, 5.41) is 7.74. The average molecular weight is 239 g/mol. The molecule has 2 aromatic rings. The minimum atomic E-state index is -2.55. The molecule has 0 aromatic carbocycles. The number of piperidine rings is 1. The summed E-state index contributed by atoms with van der Waals surface area (Å²) < 4.78 is 27.9. The Morgan fingerprint density at radius 1 is 1.24 bits per heavy atom. The summed E-state index contributed by atoms with van der Waals surface area (Å²) in [4.78, 5) is 6.04. The van der Waals surface area contributed by atoms with Crippen LogP contribution in [-0.2, 0) is 0 Å².